The molecule has 4 nitrogen and oxygen atoms in total. The van der Waals surface area contributed by atoms with Crippen LogP contribution in [0.3, 0.4) is 0 Å². The Kier molecular flexibility index (Phi) is 3.65. The van der Waals surface area contributed by atoms with E-state index in [-0.39, 0.29) is 5.56 Å². The molecule has 1 saturated heterocycles. The van der Waals surface area contributed by atoms with Gasteiger partial charge in [-0.2, -0.15) is 0 Å². The molecule has 0 radical (unpaired) electrons. The first-order chi connectivity index (χ1) is 11.0. The lowest BCUT2D eigenvalue weighted by Gasteiger charge is -2.27. The maximum Gasteiger partial charge on any atom is 0.254 e. The number of hydrogen-bond acceptors (Lipinski definition) is 4. The lowest BCUT2D eigenvalue weighted by atomic mass is 9.98. The van der Waals surface area contributed by atoms with Gasteiger partial charge < -0.3 is 4.98 Å². The summed E-state index contributed by atoms with van der Waals surface area (Å²) in [6.07, 6.45) is 4.18. The second-order valence-corrected chi connectivity index (χ2v) is 8.44. The van der Waals surface area contributed by atoms with Crippen LogP contribution in [0.4, 0.5) is 0 Å². The van der Waals surface area contributed by atoms with Crippen LogP contribution in [0.2, 0.25) is 0 Å². The number of nitrogens with zero attached hydrogens (tertiary/aromatic N) is 2. The molecule has 2 aliphatic rings. The second kappa shape index (κ2) is 5.56. The Balaban J connectivity index is 1.66. The van der Waals surface area contributed by atoms with Crippen molar-refractivity contribution in [2.45, 2.75) is 65.1 Å². The quantitative estimate of drug-likeness (QED) is 0.922. The van der Waals surface area contributed by atoms with E-state index in [0.29, 0.717) is 12.1 Å². The van der Waals surface area contributed by atoms with Crippen LogP contribution in [0.5, 0.6) is 0 Å². The summed E-state index contributed by atoms with van der Waals surface area (Å²) >= 11 is 1.88. The van der Waals surface area contributed by atoms with Gasteiger partial charge in [-0.05, 0) is 51.7 Å². The number of fused-ring (bicyclic) bond motifs is 3. The van der Waals surface area contributed by atoms with Crippen LogP contribution < -0.4 is 5.56 Å². The molecule has 0 aliphatic carbocycles. The third-order valence-electron chi connectivity index (χ3n) is 5.36. The molecule has 4 rings (SSSR count). The van der Waals surface area contributed by atoms with Gasteiger partial charge in [-0.3, -0.25) is 9.69 Å². The zero-order chi connectivity index (χ0) is 16.1. The van der Waals surface area contributed by atoms with Gasteiger partial charge in [0, 0.05) is 40.4 Å². The summed E-state index contributed by atoms with van der Waals surface area (Å²) in [6, 6.07) is 3.33. The van der Waals surface area contributed by atoms with Gasteiger partial charge in [0.05, 0.1) is 5.69 Å². The highest BCUT2D eigenvalue weighted by atomic mass is 32.1. The Morgan fingerprint density at radius 1 is 1.26 bits per heavy atom. The molecule has 23 heavy (non-hydrogen) atoms. The Bertz CT molecular complexity index is 807. The van der Waals surface area contributed by atoms with E-state index in [1.165, 1.54) is 28.2 Å². The van der Waals surface area contributed by atoms with Gasteiger partial charge in [0.25, 0.3) is 5.56 Å². The van der Waals surface area contributed by atoms with Crippen LogP contribution in [0.25, 0.3) is 0 Å². The molecule has 2 aromatic rings. The highest BCUT2D eigenvalue weighted by Crippen LogP contribution is 2.35. The molecule has 4 heterocycles. The predicted molar refractivity (Wildman–Crippen MR) is 93.1 cm³/mol. The molecule has 2 unspecified atom stereocenters. The number of aryl methyl sites for hydroxylation is 3. The van der Waals surface area contributed by atoms with E-state index in [2.05, 4.69) is 34.8 Å². The number of aromatic nitrogens is 2. The van der Waals surface area contributed by atoms with Crippen molar-refractivity contribution in [3.05, 3.63) is 48.8 Å². The minimum Gasteiger partial charge on any atom is -0.311 e. The summed E-state index contributed by atoms with van der Waals surface area (Å²) in [4.78, 5) is 25.3. The summed E-state index contributed by atoms with van der Waals surface area (Å²) in [5.41, 5.74) is 3.48. The lowest BCUT2D eigenvalue weighted by Crippen LogP contribution is -2.36. The van der Waals surface area contributed by atoms with Gasteiger partial charge in [-0.25, -0.2) is 4.98 Å². The minimum absolute atomic E-state index is 0.0718. The molecule has 0 spiro atoms. The normalized spacial score (nSPS) is 23.8. The SMILES string of the molecule is Cc1nc2c(c(=O)[nH]1)CC1CCC(C2)N1Cc1cc(C)sc1C. The number of H-pyrrole nitrogens is 1. The third kappa shape index (κ3) is 2.66. The highest BCUT2D eigenvalue weighted by molar-refractivity contribution is 7.12. The van der Waals surface area contributed by atoms with Crippen LogP contribution in [-0.2, 0) is 19.4 Å². The molecule has 2 aliphatic heterocycles. The lowest BCUT2D eigenvalue weighted by molar-refractivity contribution is 0.187. The van der Waals surface area contributed by atoms with Gasteiger partial charge in [-0.15, -0.1) is 11.3 Å². The number of rotatable bonds is 2. The van der Waals surface area contributed by atoms with Crippen molar-refractivity contribution < 1.29 is 0 Å². The molecule has 2 bridgehead atoms. The summed E-state index contributed by atoms with van der Waals surface area (Å²) in [7, 11) is 0. The molecule has 1 N–H and O–H groups in total. The smallest absolute Gasteiger partial charge is 0.254 e. The zero-order valence-corrected chi connectivity index (χ0v) is 14.8. The summed E-state index contributed by atoms with van der Waals surface area (Å²) in [5.74, 6) is 0.738. The monoisotopic (exact) mass is 329 g/mol. The molecule has 0 aromatic carbocycles. The fourth-order valence-corrected chi connectivity index (χ4v) is 5.19. The molecule has 1 fully saturated rings. The second-order valence-electron chi connectivity index (χ2n) is 6.98. The Morgan fingerprint density at radius 3 is 2.70 bits per heavy atom. The molecular weight excluding hydrogens is 306 g/mol. The van der Waals surface area contributed by atoms with Crippen molar-refractivity contribution in [2.75, 3.05) is 0 Å². The van der Waals surface area contributed by atoms with E-state index in [9.17, 15) is 4.79 Å². The van der Waals surface area contributed by atoms with Crippen LogP contribution in [0.15, 0.2) is 10.9 Å². The fourth-order valence-electron chi connectivity index (χ4n) is 4.26. The maximum atomic E-state index is 12.3. The van der Waals surface area contributed by atoms with E-state index in [0.717, 1.165) is 36.5 Å². The number of hydrogen-bond donors (Lipinski definition) is 1. The fraction of sp³-hybridized carbons (Fsp3) is 0.556. The van der Waals surface area contributed by atoms with Crippen molar-refractivity contribution in [1.29, 1.82) is 0 Å². The largest absolute Gasteiger partial charge is 0.311 e. The molecule has 0 saturated carbocycles. The number of nitrogens with one attached hydrogen (secondary N) is 1. The molecular formula is C18H23N3OS. The summed E-state index contributed by atoms with van der Waals surface area (Å²) in [6.45, 7) is 7.29. The van der Waals surface area contributed by atoms with Crippen LogP contribution in [0, 0.1) is 20.8 Å². The van der Waals surface area contributed by atoms with Crippen LogP contribution in [0.1, 0.15) is 45.2 Å². The minimum atomic E-state index is 0.0718. The first-order valence-electron chi connectivity index (χ1n) is 8.41. The van der Waals surface area contributed by atoms with Crippen LogP contribution >= 0.6 is 11.3 Å². The zero-order valence-electron chi connectivity index (χ0n) is 14.0. The Labute approximate surface area is 140 Å². The van der Waals surface area contributed by atoms with Gasteiger partial charge in [0.1, 0.15) is 5.82 Å². The average Bonchev–Trinajstić information content (AvgIpc) is 2.92. The van der Waals surface area contributed by atoms with E-state index in [4.69, 9.17) is 0 Å². The first-order valence-corrected chi connectivity index (χ1v) is 9.23. The Morgan fingerprint density at radius 2 is 2.00 bits per heavy atom. The van der Waals surface area contributed by atoms with Crippen molar-refractivity contribution in [1.82, 2.24) is 14.9 Å². The van der Waals surface area contributed by atoms with E-state index in [1.807, 2.05) is 18.3 Å². The molecule has 122 valence electrons. The molecule has 0 amide bonds. The summed E-state index contributed by atoms with van der Waals surface area (Å²) < 4.78 is 0. The van der Waals surface area contributed by atoms with Crippen molar-refractivity contribution in [3.8, 4) is 0 Å². The third-order valence-corrected chi connectivity index (χ3v) is 6.36. The van der Waals surface area contributed by atoms with E-state index < -0.39 is 0 Å². The van der Waals surface area contributed by atoms with E-state index in [1.54, 1.807) is 0 Å². The Hall–Kier alpha value is -1.46. The van der Waals surface area contributed by atoms with Gasteiger partial charge in [0.15, 0.2) is 0 Å². The molecule has 2 aromatic heterocycles. The van der Waals surface area contributed by atoms with Crippen LogP contribution in [-0.4, -0.2) is 27.0 Å². The predicted octanol–water partition coefficient (Wildman–Crippen LogP) is 2.89. The number of thiophene rings is 1. The maximum absolute atomic E-state index is 12.3. The number of aromatic amines is 1. The topological polar surface area (TPSA) is 49.0 Å². The van der Waals surface area contributed by atoms with Gasteiger partial charge >= 0.3 is 0 Å². The van der Waals surface area contributed by atoms with Gasteiger partial charge in [-0.1, -0.05) is 0 Å². The standard InChI is InChI=1S/C18H23N3OS/c1-10-6-13(11(2)23-10)9-21-14-4-5-15(21)8-17-16(7-14)18(22)20-12(3)19-17/h6,14-15H,4-5,7-9H2,1-3H3,(H,19,20,22). The first kappa shape index (κ1) is 15.1. The van der Waals surface area contributed by atoms with Crippen molar-refractivity contribution in [3.63, 3.8) is 0 Å². The molecule has 5 heteroatoms. The van der Waals surface area contributed by atoms with Gasteiger partial charge in [0.2, 0.25) is 0 Å². The van der Waals surface area contributed by atoms with Crippen molar-refractivity contribution in [2.24, 2.45) is 0 Å². The van der Waals surface area contributed by atoms with Crippen molar-refractivity contribution >= 4 is 11.3 Å². The average molecular weight is 329 g/mol. The highest BCUT2D eigenvalue weighted by Gasteiger charge is 2.38. The molecule has 2 atom stereocenters. The summed E-state index contributed by atoms with van der Waals surface area (Å²) in [5, 5.41) is 0. The van der Waals surface area contributed by atoms with E-state index >= 15 is 0 Å².